The van der Waals surface area contributed by atoms with Gasteiger partial charge in [-0.2, -0.15) is 0 Å². The van der Waals surface area contributed by atoms with E-state index >= 15 is 0 Å². The topological polar surface area (TPSA) is 154 Å². The quantitative estimate of drug-likeness (QED) is 0.222. The van der Waals surface area contributed by atoms with Crippen LogP contribution in [-0.4, -0.2) is 107 Å². The molecule has 4 bridgehead atoms. The van der Waals surface area contributed by atoms with Crippen molar-refractivity contribution in [2.45, 2.75) is 112 Å². The summed E-state index contributed by atoms with van der Waals surface area (Å²) in [5.41, 5.74) is -4.88. The van der Waals surface area contributed by atoms with Gasteiger partial charge in [-0.3, -0.25) is 4.90 Å². The van der Waals surface area contributed by atoms with Crippen molar-refractivity contribution in [1.82, 2.24) is 4.90 Å². The smallest absolute Gasteiger partial charge is 0.196 e. The maximum atomic E-state index is 12.5. The van der Waals surface area contributed by atoms with E-state index in [-0.39, 0.29) is 18.4 Å². The largest absolute Gasteiger partial charge is 0.393 e. The van der Waals surface area contributed by atoms with Gasteiger partial charge in [0.15, 0.2) is 5.79 Å². The lowest BCUT2D eigenvalue weighted by Crippen LogP contribution is -2.76. The molecule has 36 heavy (non-hydrogen) atoms. The van der Waals surface area contributed by atoms with Gasteiger partial charge in [0.25, 0.3) is 0 Å². The van der Waals surface area contributed by atoms with E-state index in [1.807, 2.05) is 6.92 Å². The van der Waals surface area contributed by atoms with Crippen LogP contribution in [0.3, 0.4) is 0 Å². The summed E-state index contributed by atoms with van der Waals surface area (Å²) in [7, 11) is 0. The van der Waals surface area contributed by atoms with Crippen molar-refractivity contribution in [2.75, 3.05) is 13.1 Å². The van der Waals surface area contributed by atoms with Crippen LogP contribution in [0.15, 0.2) is 0 Å². The van der Waals surface area contributed by atoms with Crippen molar-refractivity contribution < 1.29 is 40.5 Å². The molecule has 7 aliphatic rings. The molecule has 16 atom stereocenters. The minimum atomic E-state index is -1.85. The van der Waals surface area contributed by atoms with Crippen LogP contribution in [0, 0.1) is 40.9 Å². The first kappa shape index (κ1) is 24.7. The molecule has 0 aromatic heterocycles. The highest BCUT2D eigenvalue weighted by Crippen LogP contribution is 2.76. The molecule has 7 N–H and O–H groups in total. The van der Waals surface area contributed by atoms with E-state index in [1.165, 1.54) is 0 Å². The van der Waals surface area contributed by atoms with Crippen molar-refractivity contribution in [2.24, 2.45) is 40.9 Å². The highest BCUT2D eigenvalue weighted by atomic mass is 16.7. The lowest BCUT2D eigenvalue weighted by Gasteiger charge is -2.63. The van der Waals surface area contributed by atoms with Crippen molar-refractivity contribution in [3.8, 4) is 0 Å². The van der Waals surface area contributed by atoms with E-state index in [0.717, 1.165) is 19.4 Å². The SMILES string of the molecule is C[C@H]1CCC2N(CC3C([C@@H](O)[C@H](O)[C@]4(O)[C@H]3C[C@@]35O[C@@]6(O)[C@@H](C[C@@H](O)[C@@H]43)[C@]5(C)CC[C@@H]6O)C2(C)O)C1. The fourth-order valence-corrected chi connectivity index (χ4v) is 11.4. The molecule has 0 amide bonds. The first-order chi connectivity index (χ1) is 16.7. The lowest BCUT2D eigenvalue weighted by atomic mass is 9.49. The van der Waals surface area contributed by atoms with E-state index < -0.39 is 76.1 Å². The van der Waals surface area contributed by atoms with Crippen LogP contribution < -0.4 is 0 Å². The number of hydrogen-bond donors (Lipinski definition) is 7. The Hall–Kier alpha value is -0.360. The average molecular weight is 510 g/mol. The summed E-state index contributed by atoms with van der Waals surface area (Å²) < 4.78 is 6.51. The van der Waals surface area contributed by atoms with Gasteiger partial charge in [0.1, 0.15) is 17.8 Å². The predicted molar refractivity (Wildman–Crippen MR) is 126 cm³/mol. The molecule has 7 rings (SSSR count). The van der Waals surface area contributed by atoms with Gasteiger partial charge in [-0.15, -0.1) is 0 Å². The Morgan fingerprint density at radius 2 is 1.67 bits per heavy atom. The summed E-state index contributed by atoms with van der Waals surface area (Å²) in [6.45, 7) is 7.40. The summed E-state index contributed by atoms with van der Waals surface area (Å²) in [5.74, 6) is -4.29. The highest BCUT2D eigenvalue weighted by Gasteiger charge is 2.86. The molecule has 4 saturated carbocycles. The lowest BCUT2D eigenvalue weighted by molar-refractivity contribution is -0.295. The van der Waals surface area contributed by atoms with Gasteiger partial charge in [-0.25, -0.2) is 0 Å². The number of fused-ring (bicyclic) bond motifs is 5. The number of rotatable bonds is 0. The molecule has 1 spiro atoms. The second-order valence-electron chi connectivity index (χ2n) is 14.2. The van der Waals surface area contributed by atoms with Crippen LogP contribution in [0.25, 0.3) is 0 Å². The summed E-state index contributed by atoms with van der Waals surface area (Å²) in [6, 6.07) is -0.130. The third-order valence-corrected chi connectivity index (χ3v) is 12.8. The highest BCUT2D eigenvalue weighted by molar-refractivity contribution is 5.33. The van der Waals surface area contributed by atoms with E-state index in [1.54, 1.807) is 6.92 Å². The van der Waals surface area contributed by atoms with Gasteiger partial charge in [-0.1, -0.05) is 13.8 Å². The Morgan fingerprint density at radius 1 is 0.944 bits per heavy atom. The number of aliphatic hydroxyl groups excluding tert-OH is 4. The molecule has 4 aliphatic carbocycles. The molecule has 3 heterocycles. The summed E-state index contributed by atoms with van der Waals surface area (Å²) in [6.07, 6.45) is -1.92. The molecule has 0 aromatic rings. The second-order valence-corrected chi connectivity index (χ2v) is 14.2. The van der Waals surface area contributed by atoms with E-state index in [0.29, 0.717) is 31.7 Å². The zero-order valence-corrected chi connectivity index (χ0v) is 21.5. The Morgan fingerprint density at radius 3 is 2.39 bits per heavy atom. The minimum absolute atomic E-state index is 0.130. The van der Waals surface area contributed by atoms with E-state index in [2.05, 4.69) is 11.8 Å². The zero-order valence-electron chi connectivity index (χ0n) is 21.5. The van der Waals surface area contributed by atoms with Crippen LogP contribution in [-0.2, 0) is 4.74 Å². The molecule has 7 fully saturated rings. The molecule has 4 unspecified atom stereocenters. The number of nitrogens with zero attached hydrogens (tertiary/aromatic N) is 1. The molecule has 3 aliphatic heterocycles. The van der Waals surface area contributed by atoms with Gasteiger partial charge in [-0.05, 0) is 63.2 Å². The summed E-state index contributed by atoms with van der Waals surface area (Å²) in [4.78, 5) is 2.30. The predicted octanol–water partition coefficient (Wildman–Crippen LogP) is -0.814. The Kier molecular flexibility index (Phi) is 4.82. The van der Waals surface area contributed by atoms with Crippen molar-refractivity contribution in [1.29, 1.82) is 0 Å². The molecule has 9 nitrogen and oxygen atoms in total. The normalized spacial score (nSPS) is 68.0. The standard InChI is InChI=1S/C27H43NO8/c1-12-4-5-17-24(3,33)19-13(11-28(17)10-12)14-9-25-21(26(14,34)22(32)20(19)31)15(29)8-16-23(25,2)7-6-18(30)27(16,35)36-25/h12-22,29-35H,4-11H2,1-3H3/t12-,13?,14-,15+,16-,17?,18-,19?,20+,21+,22-,23-,24?,25+,26-,27-/m0/s1. The Balaban J connectivity index is 1.37. The van der Waals surface area contributed by atoms with Gasteiger partial charge in [0, 0.05) is 42.3 Å². The molecule has 0 radical (unpaired) electrons. The first-order valence-corrected chi connectivity index (χ1v) is 14.1. The van der Waals surface area contributed by atoms with Crippen LogP contribution in [0.5, 0.6) is 0 Å². The summed E-state index contributed by atoms with van der Waals surface area (Å²) >= 11 is 0. The van der Waals surface area contributed by atoms with Gasteiger partial charge in [0.05, 0.1) is 23.4 Å². The van der Waals surface area contributed by atoms with Gasteiger partial charge < -0.3 is 40.5 Å². The minimum Gasteiger partial charge on any atom is -0.393 e. The molecule has 0 aromatic carbocycles. The Bertz CT molecular complexity index is 964. The fraction of sp³-hybridized carbons (Fsp3) is 1.00. The number of piperidine rings is 2. The number of aliphatic hydroxyl groups is 7. The van der Waals surface area contributed by atoms with Crippen molar-refractivity contribution >= 4 is 0 Å². The van der Waals surface area contributed by atoms with Gasteiger partial charge >= 0.3 is 0 Å². The van der Waals surface area contributed by atoms with Crippen LogP contribution >= 0.6 is 0 Å². The maximum Gasteiger partial charge on any atom is 0.196 e. The van der Waals surface area contributed by atoms with Crippen molar-refractivity contribution in [3.05, 3.63) is 0 Å². The van der Waals surface area contributed by atoms with Crippen molar-refractivity contribution in [3.63, 3.8) is 0 Å². The molecule has 204 valence electrons. The van der Waals surface area contributed by atoms with E-state index in [9.17, 15) is 35.7 Å². The first-order valence-electron chi connectivity index (χ1n) is 14.1. The third kappa shape index (κ3) is 2.46. The number of hydrogen-bond acceptors (Lipinski definition) is 9. The van der Waals surface area contributed by atoms with Gasteiger partial charge in [0.2, 0.25) is 0 Å². The third-order valence-electron chi connectivity index (χ3n) is 12.8. The van der Waals surface area contributed by atoms with Crippen LogP contribution in [0.1, 0.15) is 59.3 Å². The molecular formula is C27H43NO8. The van der Waals surface area contributed by atoms with Crippen LogP contribution in [0.2, 0.25) is 0 Å². The monoisotopic (exact) mass is 509 g/mol. The second kappa shape index (κ2) is 7.04. The maximum absolute atomic E-state index is 12.5. The molecular weight excluding hydrogens is 466 g/mol. The number of ether oxygens (including phenoxy) is 1. The molecule has 9 heteroatoms. The fourth-order valence-electron chi connectivity index (χ4n) is 11.4. The van der Waals surface area contributed by atoms with E-state index in [4.69, 9.17) is 4.74 Å². The molecule has 3 saturated heterocycles. The average Bonchev–Trinajstić information content (AvgIpc) is 3.08. The summed E-state index contributed by atoms with van der Waals surface area (Å²) in [5, 5.41) is 81.4. The van der Waals surface area contributed by atoms with Crippen LogP contribution in [0.4, 0.5) is 0 Å². The Labute approximate surface area is 212 Å². The zero-order chi connectivity index (χ0) is 25.8.